The van der Waals surface area contributed by atoms with Gasteiger partial charge >= 0.3 is 6.11 Å². The van der Waals surface area contributed by atoms with Gasteiger partial charge in [-0.15, -0.1) is 0 Å². The summed E-state index contributed by atoms with van der Waals surface area (Å²) in [6, 6.07) is 6.22. The van der Waals surface area contributed by atoms with Crippen LogP contribution in [0.15, 0.2) is 29.3 Å². The Morgan fingerprint density at radius 3 is 1.96 bits per heavy atom. The van der Waals surface area contributed by atoms with Gasteiger partial charge in [-0.3, -0.25) is 0 Å². The molecule has 3 rings (SSSR count). The lowest BCUT2D eigenvalue weighted by atomic mass is 9.69. The van der Waals surface area contributed by atoms with Gasteiger partial charge in [0.05, 0.1) is 16.8 Å². The van der Waals surface area contributed by atoms with Crippen LogP contribution in [0.3, 0.4) is 0 Å². The van der Waals surface area contributed by atoms with Crippen molar-refractivity contribution >= 4 is 23.1 Å². The molecular formula is C23H39F2NOS. The van der Waals surface area contributed by atoms with E-state index in [0.29, 0.717) is 24.4 Å². The van der Waals surface area contributed by atoms with Gasteiger partial charge in [0.2, 0.25) is 0 Å². The van der Waals surface area contributed by atoms with Crippen molar-refractivity contribution in [2.75, 3.05) is 0 Å². The number of isothiocyanates is 1. The largest absolute Gasteiger partial charge is 0.432 e. The number of alkyl halides is 2. The molecule has 0 unspecified atom stereocenters. The highest BCUT2D eigenvalue weighted by molar-refractivity contribution is 7.78. The van der Waals surface area contributed by atoms with Crippen molar-refractivity contribution < 1.29 is 16.4 Å². The second kappa shape index (κ2) is 11.0. The molecule has 162 valence electrons. The third-order valence-electron chi connectivity index (χ3n) is 6.24. The van der Waals surface area contributed by atoms with E-state index in [1.54, 1.807) is 12.1 Å². The number of hydrogen-bond acceptors (Lipinski definition) is 3. The Hall–Kier alpha value is -1.32. The van der Waals surface area contributed by atoms with Crippen molar-refractivity contribution in [2.24, 2.45) is 28.7 Å². The molecule has 0 amide bonds. The Morgan fingerprint density at radius 1 is 0.964 bits per heavy atom. The van der Waals surface area contributed by atoms with Crippen LogP contribution in [-0.4, -0.2) is 11.3 Å². The molecule has 0 N–H and O–H groups in total. The van der Waals surface area contributed by atoms with Crippen molar-refractivity contribution in [3.8, 4) is 5.75 Å². The van der Waals surface area contributed by atoms with Crippen LogP contribution >= 0.6 is 12.2 Å². The summed E-state index contributed by atoms with van der Waals surface area (Å²) in [6.45, 7) is 2.32. The first-order valence-corrected chi connectivity index (χ1v) is 10.1. The van der Waals surface area contributed by atoms with Crippen molar-refractivity contribution in [3.05, 3.63) is 24.3 Å². The number of ether oxygens (including phenoxy) is 1. The van der Waals surface area contributed by atoms with E-state index in [4.69, 9.17) is 4.74 Å². The number of thiocarbonyl (C=S) groups is 1. The third-order valence-corrected chi connectivity index (χ3v) is 6.33. The quantitative estimate of drug-likeness (QED) is 0.354. The Balaban J connectivity index is 0. The van der Waals surface area contributed by atoms with E-state index in [1.165, 1.54) is 37.8 Å². The summed E-state index contributed by atoms with van der Waals surface area (Å²) in [5, 5.41) is 2.26. The van der Waals surface area contributed by atoms with E-state index in [2.05, 4.69) is 29.3 Å². The molecule has 5 heteroatoms. The Labute approximate surface area is 177 Å². The summed E-state index contributed by atoms with van der Waals surface area (Å²) >= 11 is 4.53. The van der Waals surface area contributed by atoms with E-state index in [1.807, 2.05) is 0 Å². The smallest absolute Gasteiger partial charge is 0.400 e. The van der Waals surface area contributed by atoms with E-state index < -0.39 is 12.0 Å². The fourth-order valence-electron chi connectivity index (χ4n) is 4.57. The number of benzene rings is 1. The van der Waals surface area contributed by atoms with Gasteiger partial charge in [-0.2, -0.15) is 13.8 Å². The maximum Gasteiger partial charge on any atom is 0.400 e. The predicted molar refractivity (Wildman–Crippen MR) is 121 cm³/mol. The average Bonchev–Trinajstić information content (AvgIpc) is 2.64. The second-order valence-corrected chi connectivity index (χ2v) is 8.18. The van der Waals surface area contributed by atoms with E-state index in [9.17, 15) is 8.78 Å². The molecule has 2 fully saturated rings. The fourth-order valence-corrected chi connectivity index (χ4v) is 4.67. The zero-order chi connectivity index (χ0) is 18.6. The molecule has 2 saturated carbocycles. The lowest BCUT2D eigenvalue weighted by Crippen LogP contribution is -2.38. The van der Waals surface area contributed by atoms with Crippen molar-refractivity contribution in [2.45, 2.75) is 79.3 Å². The molecule has 0 aromatic heterocycles. The van der Waals surface area contributed by atoms with Crippen LogP contribution in [0.2, 0.25) is 0 Å². The zero-order valence-electron chi connectivity index (χ0n) is 15.3. The summed E-state index contributed by atoms with van der Waals surface area (Å²) in [6.07, 6.45) is 4.95. The molecule has 0 aliphatic heterocycles. The minimum Gasteiger partial charge on any atom is -0.432 e. The van der Waals surface area contributed by atoms with Crippen molar-refractivity contribution in [3.63, 3.8) is 0 Å². The molecule has 2 aliphatic rings. The molecule has 2 aliphatic carbocycles. The van der Waals surface area contributed by atoms with Crippen LogP contribution in [0.25, 0.3) is 0 Å². The molecule has 0 radical (unpaired) electrons. The van der Waals surface area contributed by atoms with Crippen molar-refractivity contribution in [1.29, 1.82) is 0 Å². The highest BCUT2D eigenvalue weighted by Gasteiger charge is 2.45. The predicted octanol–water partition coefficient (Wildman–Crippen LogP) is 8.79. The topological polar surface area (TPSA) is 21.6 Å². The maximum atomic E-state index is 14.6. The zero-order valence-corrected chi connectivity index (χ0v) is 16.1. The van der Waals surface area contributed by atoms with Crippen LogP contribution in [0.1, 0.15) is 76.0 Å². The summed E-state index contributed by atoms with van der Waals surface area (Å²) in [5.41, 5.74) is 0.581. The molecule has 1 aromatic rings. The standard InChI is InChI=1S/C21H27F2NOS.2CH4.2H2/c1-15-2-4-16(5-3-15)17-6-8-18(9-7-17)21(22,23)25-20-12-10-19(11-13-20)24-14-26;;;;/h10-13,15-18H,2-9H2,1H3;2*1H4;2*1H. The molecule has 0 heterocycles. The Kier molecular flexibility index (Phi) is 9.73. The first-order valence-electron chi connectivity index (χ1n) is 9.72. The minimum atomic E-state index is -3.12. The van der Waals surface area contributed by atoms with E-state index in [0.717, 1.165) is 24.7 Å². The molecule has 1 aromatic carbocycles. The molecule has 2 nitrogen and oxygen atoms in total. The van der Waals surface area contributed by atoms with Crippen LogP contribution in [-0.2, 0) is 0 Å². The SMILES string of the molecule is C.C.CC1CCC(C2CCC(C(F)(F)Oc3ccc(N=C=S)cc3)CC2)CC1.[HH].[HH]. The lowest BCUT2D eigenvalue weighted by molar-refractivity contribution is -0.224. The number of nitrogens with zero attached hydrogens (tertiary/aromatic N) is 1. The highest BCUT2D eigenvalue weighted by Crippen LogP contribution is 2.45. The summed E-state index contributed by atoms with van der Waals surface area (Å²) in [5.74, 6) is 1.68. The third kappa shape index (κ3) is 6.35. The van der Waals surface area contributed by atoms with Gasteiger partial charge in [0.25, 0.3) is 0 Å². The van der Waals surface area contributed by atoms with Gasteiger partial charge in [-0.05, 0) is 92.8 Å². The first kappa shape index (κ1) is 24.7. The summed E-state index contributed by atoms with van der Waals surface area (Å²) in [7, 11) is 0. The number of halogens is 2. The number of rotatable bonds is 5. The van der Waals surface area contributed by atoms with Gasteiger partial charge in [-0.25, -0.2) is 0 Å². The van der Waals surface area contributed by atoms with Gasteiger partial charge in [0.1, 0.15) is 5.75 Å². The molecule has 0 bridgehead atoms. The van der Waals surface area contributed by atoms with Gasteiger partial charge in [0.15, 0.2) is 0 Å². The second-order valence-electron chi connectivity index (χ2n) is 7.99. The summed E-state index contributed by atoms with van der Waals surface area (Å²) in [4.78, 5) is 3.81. The number of hydrogen-bond donors (Lipinski definition) is 0. The van der Waals surface area contributed by atoms with Gasteiger partial charge in [0, 0.05) is 2.85 Å². The maximum absolute atomic E-state index is 14.6. The lowest BCUT2D eigenvalue weighted by Gasteiger charge is -2.38. The van der Waals surface area contributed by atoms with E-state index in [-0.39, 0.29) is 23.5 Å². The molecule has 0 saturated heterocycles. The fraction of sp³-hybridized carbons (Fsp3) is 0.696. The molecular weight excluding hydrogens is 376 g/mol. The van der Waals surface area contributed by atoms with Gasteiger partial charge < -0.3 is 4.74 Å². The monoisotopic (exact) mass is 415 g/mol. The number of aliphatic imine (C=N–C) groups is 1. The average molecular weight is 416 g/mol. The van der Waals surface area contributed by atoms with E-state index >= 15 is 0 Å². The van der Waals surface area contributed by atoms with Crippen molar-refractivity contribution in [1.82, 2.24) is 0 Å². The molecule has 28 heavy (non-hydrogen) atoms. The van der Waals surface area contributed by atoms with Gasteiger partial charge in [-0.1, -0.05) is 34.6 Å². The van der Waals surface area contributed by atoms with Crippen LogP contribution in [0.4, 0.5) is 14.5 Å². The summed E-state index contributed by atoms with van der Waals surface area (Å²) < 4.78 is 34.2. The Morgan fingerprint density at radius 2 is 1.46 bits per heavy atom. The molecule has 0 spiro atoms. The van der Waals surface area contributed by atoms with Crippen LogP contribution < -0.4 is 4.74 Å². The first-order chi connectivity index (χ1) is 12.5. The van der Waals surface area contributed by atoms with Crippen LogP contribution in [0.5, 0.6) is 5.75 Å². The minimum absolute atomic E-state index is 0. The Bertz CT molecular complexity index is 637. The van der Waals surface area contributed by atoms with Crippen LogP contribution in [0, 0.1) is 23.7 Å². The normalized spacial score (nSPS) is 27.5. The highest BCUT2D eigenvalue weighted by atomic mass is 32.1. The molecule has 0 atom stereocenters.